The predicted molar refractivity (Wildman–Crippen MR) is 98.6 cm³/mol. The van der Waals surface area contributed by atoms with E-state index < -0.39 is 0 Å². The van der Waals surface area contributed by atoms with Gasteiger partial charge >= 0.3 is 0 Å². The van der Waals surface area contributed by atoms with E-state index in [0.717, 1.165) is 37.6 Å². The van der Waals surface area contributed by atoms with Crippen LogP contribution in [0.4, 0.5) is 0 Å². The van der Waals surface area contributed by atoms with Crippen LogP contribution in [0.1, 0.15) is 32.8 Å². The van der Waals surface area contributed by atoms with Gasteiger partial charge in [0.25, 0.3) is 0 Å². The number of aromatic nitrogens is 2. The second kappa shape index (κ2) is 7.07. The molecule has 1 aliphatic heterocycles. The van der Waals surface area contributed by atoms with Crippen LogP contribution < -0.4 is 10.6 Å². The second-order valence-electron chi connectivity index (χ2n) is 7.24. The summed E-state index contributed by atoms with van der Waals surface area (Å²) in [6, 6.07) is 10.5. The topological polar surface area (TPSA) is 54.2 Å². The van der Waals surface area contributed by atoms with E-state index in [4.69, 9.17) is 0 Å². The molecule has 5 heteroatoms. The Hall–Kier alpha value is -2.30. The zero-order valence-electron chi connectivity index (χ0n) is 14.8. The molecule has 1 atom stereocenters. The van der Waals surface area contributed by atoms with Gasteiger partial charge < -0.3 is 10.6 Å². The highest BCUT2D eigenvalue weighted by molar-refractivity contribution is 5.82. The molecule has 24 heavy (non-hydrogen) atoms. The highest BCUT2D eigenvalue weighted by Crippen LogP contribution is 2.20. The SMILES string of the molecule is CC(C)CC1(C)CN=C(NCCc2ccc(-n3cccn3)cc2)N1. The van der Waals surface area contributed by atoms with Crippen LogP contribution in [0.15, 0.2) is 47.7 Å². The summed E-state index contributed by atoms with van der Waals surface area (Å²) < 4.78 is 1.87. The van der Waals surface area contributed by atoms with Gasteiger partial charge in [-0.15, -0.1) is 0 Å². The molecule has 1 aliphatic rings. The van der Waals surface area contributed by atoms with Crippen molar-refractivity contribution in [1.29, 1.82) is 0 Å². The zero-order chi connectivity index (χ0) is 17.0. The molecule has 0 radical (unpaired) electrons. The summed E-state index contributed by atoms with van der Waals surface area (Å²) in [6.45, 7) is 8.49. The summed E-state index contributed by atoms with van der Waals surface area (Å²) in [5, 5.41) is 11.2. The van der Waals surface area contributed by atoms with E-state index in [1.165, 1.54) is 5.56 Å². The maximum atomic E-state index is 4.60. The molecule has 1 unspecified atom stereocenters. The fraction of sp³-hybridized carbons (Fsp3) is 0.474. The summed E-state index contributed by atoms with van der Waals surface area (Å²) in [5.74, 6) is 1.61. The molecule has 128 valence electrons. The fourth-order valence-electron chi connectivity index (χ4n) is 3.30. The summed E-state index contributed by atoms with van der Waals surface area (Å²) in [6.07, 6.45) is 5.85. The molecule has 0 spiro atoms. The van der Waals surface area contributed by atoms with Crippen LogP contribution >= 0.6 is 0 Å². The average Bonchev–Trinajstić information content (AvgIpc) is 3.18. The van der Waals surface area contributed by atoms with E-state index >= 15 is 0 Å². The Bertz CT molecular complexity index is 672. The Balaban J connectivity index is 1.46. The maximum absolute atomic E-state index is 4.60. The van der Waals surface area contributed by atoms with Gasteiger partial charge in [0.1, 0.15) is 0 Å². The van der Waals surface area contributed by atoms with Gasteiger partial charge in [-0.05, 0) is 49.4 Å². The van der Waals surface area contributed by atoms with Crippen molar-refractivity contribution in [2.45, 2.75) is 39.2 Å². The molecule has 2 N–H and O–H groups in total. The summed E-state index contributed by atoms with van der Waals surface area (Å²) in [4.78, 5) is 4.60. The van der Waals surface area contributed by atoms with E-state index in [9.17, 15) is 0 Å². The number of nitrogens with zero attached hydrogens (tertiary/aromatic N) is 3. The molecule has 1 aromatic carbocycles. The summed E-state index contributed by atoms with van der Waals surface area (Å²) in [5.41, 5.74) is 2.49. The Labute approximate surface area is 144 Å². The van der Waals surface area contributed by atoms with Crippen molar-refractivity contribution in [3.63, 3.8) is 0 Å². The molecule has 2 heterocycles. The second-order valence-corrected chi connectivity index (χ2v) is 7.24. The number of aliphatic imine (C=N–C) groups is 1. The molecule has 0 fully saturated rings. The van der Waals surface area contributed by atoms with E-state index in [1.54, 1.807) is 6.20 Å². The quantitative estimate of drug-likeness (QED) is 0.859. The van der Waals surface area contributed by atoms with Crippen molar-refractivity contribution in [2.24, 2.45) is 10.9 Å². The van der Waals surface area contributed by atoms with Crippen molar-refractivity contribution >= 4 is 5.96 Å². The molecule has 2 aromatic rings. The number of rotatable bonds is 6. The molecule has 0 bridgehead atoms. The first-order chi connectivity index (χ1) is 11.5. The number of nitrogens with one attached hydrogen (secondary N) is 2. The normalized spacial score (nSPS) is 20.1. The molecule has 0 aliphatic carbocycles. The summed E-state index contributed by atoms with van der Waals surface area (Å²) in [7, 11) is 0. The third-order valence-electron chi connectivity index (χ3n) is 4.28. The molecule has 0 saturated heterocycles. The molecular weight excluding hydrogens is 298 g/mol. The van der Waals surface area contributed by atoms with Crippen LogP contribution in [0.25, 0.3) is 5.69 Å². The van der Waals surface area contributed by atoms with Crippen molar-refractivity contribution in [1.82, 2.24) is 20.4 Å². The van der Waals surface area contributed by atoms with Gasteiger partial charge in [0.2, 0.25) is 0 Å². The summed E-state index contributed by atoms with van der Waals surface area (Å²) >= 11 is 0. The van der Waals surface area contributed by atoms with Gasteiger partial charge in [0, 0.05) is 18.9 Å². The highest BCUT2D eigenvalue weighted by atomic mass is 15.3. The van der Waals surface area contributed by atoms with Gasteiger partial charge in [-0.25, -0.2) is 4.68 Å². The monoisotopic (exact) mass is 325 g/mol. The molecule has 3 rings (SSSR count). The standard InChI is InChI=1S/C19H27N5/c1-15(2)13-19(3)14-21-18(23-19)20-11-9-16-5-7-17(8-6-16)24-12-4-10-22-24/h4-8,10,12,15H,9,11,13-14H2,1-3H3,(H2,20,21,23). The third kappa shape index (κ3) is 4.16. The van der Waals surface area contributed by atoms with Gasteiger partial charge in [0.15, 0.2) is 5.96 Å². The Kier molecular flexibility index (Phi) is 4.88. The lowest BCUT2D eigenvalue weighted by atomic mass is 9.92. The first-order valence-corrected chi connectivity index (χ1v) is 8.70. The van der Waals surface area contributed by atoms with Crippen molar-refractivity contribution < 1.29 is 0 Å². The van der Waals surface area contributed by atoms with Crippen molar-refractivity contribution in [2.75, 3.05) is 13.1 Å². The third-order valence-corrected chi connectivity index (χ3v) is 4.28. The molecule has 0 saturated carbocycles. The maximum Gasteiger partial charge on any atom is 0.191 e. The Morgan fingerprint density at radius 2 is 2.08 bits per heavy atom. The number of hydrogen-bond donors (Lipinski definition) is 2. The van der Waals surface area contributed by atoms with Gasteiger partial charge in [-0.2, -0.15) is 5.10 Å². The van der Waals surface area contributed by atoms with Gasteiger partial charge in [-0.3, -0.25) is 4.99 Å². The van der Waals surface area contributed by atoms with Crippen LogP contribution in [0.5, 0.6) is 0 Å². The minimum Gasteiger partial charge on any atom is -0.356 e. The van der Waals surface area contributed by atoms with Crippen molar-refractivity contribution in [3.8, 4) is 5.69 Å². The number of benzene rings is 1. The number of hydrogen-bond acceptors (Lipinski definition) is 4. The predicted octanol–water partition coefficient (Wildman–Crippen LogP) is 2.77. The first kappa shape index (κ1) is 16.6. The Morgan fingerprint density at radius 1 is 1.29 bits per heavy atom. The van der Waals surface area contributed by atoms with Gasteiger partial charge in [-0.1, -0.05) is 26.0 Å². The van der Waals surface area contributed by atoms with Crippen LogP contribution in [0.2, 0.25) is 0 Å². The molecule has 1 aromatic heterocycles. The van der Waals surface area contributed by atoms with Crippen LogP contribution in [0.3, 0.4) is 0 Å². The highest BCUT2D eigenvalue weighted by Gasteiger charge is 2.30. The zero-order valence-corrected chi connectivity index (χ0v) is 14.8. The van der Waals surface area contributed by atoms with Crippen molar-refractivity contribution in [3.05, 3.63) is 48.3 Å². The lowest BCUT2D eigenvalue weighted by Gasteiger charge is -2.26. The van der Waals surface area contributed by atoms with E-state index in [-0.39, 0.29) is 5.54 Å². The fourth-order valence-corrected chi connectivity index (χ4v) is 3.30. The largest absolute Gasteiger partial charge is 0.356 e. The lowest BCUT2D eigenvalue weighted by molar-refractivity contribution is 0.359. The minimum atomic E-state index is 0.0991. The van der Waals surface area contributed by atoms with Crippen LogP contribution in [-0.4, -0.2) is 34.4 Å². The first-order valence-electron chi connectivity index (χ1n) is 8.70. The molecule has 5 nitrogen and oxygen atoms in total. The smallest absolute Gasteiger partial charge is 0.191 e. The van der Waals surface area contributed by atoms with Gasteiger partial charge in [0.05, 0.1) is 17.8 Å². The number of guanidine groups is 1. The molecule has 0 amide bonds. The van der Waals surface area contributed by atoms with Crippen LogP contribution in [0, 0.1) is 5.92 Å². The minimum absolute atomic E-state index is 0.0991. The van der Waals surface area contributed by atoms with E-state index in [1.807, 2.05) is 16.9 Å². The molecular formula is C19H27N5. The van der Waals surface area contributed by atoms with Crippen LogP contribution in [-0.2, 0) is 6.42 Å². The average molecular weight is 325 g/mol. The van der Waals surface area contributed by atoms with E-state index in [0.29, 0.717) is 5.92 Å². The van der Waals surface area contributed by atoms with E-state index in [2.05, 4.69) is 65.8 Å². The Morgan fingerprint density at radius 3 is 2.75 bits per heavy atom. The lowest BCUT2D eigenvalue weighted by Crippen LogP contribution is -2.48.